The molecule has 0 N–H and O–H groups in total. The van der Waals surface area contributed by atoms with E-state index >= 15 is 0 Å². The third-order valence-corrected chi connectivity index (χ3v) is 4.42. The summed E-state index contributed by atoms with van der Waals surface area (Å²) < 4.78 is 12.3. The number of hydrogen-bond donors (Lipinski definition) is 0. The molecular weight excluding hydrogens is 320 g/mol. The first-order valence-corrected chi connectivity index (χ1v) is 8.45. The van der Waals surface area contributed by atoms with Crippen LogP contribution in [0.15, 0.2) is 18.5 Å². The van der Waals surface area contributed by atoms with Gasteiger partial charge in [-0.05, 0) is 30.9 Å². The second-order valence-electron chi connectivity index (χ2n) is 6.25. The minimum Gasteiger partial charge on any atom is -0.480 e. The van der Waals surface area contributed by atoms with Crippen molar-refractivity contribution in [2.75, 3.05) is 27.4 Å². The molecule has 0 spiro atoms. The number of methoxy groups -OCH3 is 2. The molecule has 25 heavy (non-hydrogen) atoms. The molecule has 0 unspecified atom stereocenters. The van der Waals surface area contributed by atoms with Gasteiger partial charge < -0.3 is 14.4 Å². The first-order valence-electron chi connectivity index (χ1n) is 8.45. The van der Waals surface area contributed by atoms with Crippen LogP contribution in [0.3, 0.4) is 0 Å². The molecule has 7 heteroatoms. The van der Waals surface area contributed by atoms with Crippen LogP contribution in [-0.2, 0) is 31.2 Å². The van der Waals surface area contributed by atoms with Crippen LogP contribution in [0.1, 0.15) is 33.6 Å². The maximum absolute atomic E-state index is 13.2. The number of pyridine rings is 1. The van der Waals surface area contributed by atoms with E-state index in [1.54, 1.807) is 30.0 Å². The van der Waals surface area contributed by atoms with Crippen molar-refractivity contribution in [3.63, 3.8) is 0 Å². The monoisotopic (exact) mass is 344 g/mol. The van der Waals surface area contributed by atoms with E-state index in [2.05, 4.69) is 10.1 Å². The first-order chi connectivity index (χ1) is 12.1. The van der Waals surface area contributed by atoms with Crippen molar-refractivity contribution < 1.29 is 14.3 Å². The van der Waals surface area contributed by atoms with Gasteiger partial charge in [-0.3, -0.25) is 9.48 Å². The number of carbonyl (C=O) groups is 1. The highest BCUT2D eigenvalue weighted by Crippen LogP contribution is 2.27. The summed E-state index contributed by atoms with van der Waals surface area (Å²) in [4.78, 5) is 19.5. The van der Waals surface area contributed by atoms with Crippen LogP contribution in [0.4, 0.5) is 0 Å². The van der Waals surface area contributed by atoms with E-state index in [9.17, 15) is 4.79 Å². The Morgan fingerprint density at radius 2 is 2.20 bits per heavy atom. The Balaban J connectivity index is 1.88. The summed E-state index contributed by atoms with van der Waals surface area (Å²) in [5.41, 5.74) is 3.68. The average molecular weight is 344 g/mol. The van der Waals surface area contributed by atoms with Gasteiger partial charge in [-0.1, -0.05) is 0 Å². The zero-order valence-electron chi connectivity index (χ0n) is 15.0. The number of ether oxygens (including phenoxy) is 2. The predicted octanol–water partition coefficient (Wildman–Crippen LogP) is 1.60. The van der Waals surface area contributed by atoms with E-state index in [4.69, 9.17) is 9.47 Å². The number of fused-ring (bicyclic) bond motifs is 1. The van der Waals surface area contributed by atoms with Gasteiger partial charge in [-0.15, -0.1) is 0 Å². The van der Waals surface area contributed by atoms with Gasteiger partial charge in [-0.2, -0.15) is 5.10 Å². The molecule has 2 heterocycles. The minimum absolute atomic E-state index is 0.0973. The molecule has 0 aliphatic heterocycles. The number of carbonyl (C=O) groups excluding carboxylic acids is 1. The molecule has 0 radical (unpaired) electrons. The summed E-state index contributed by atoms with van der Waals surface area (Å²) in [6, 6.07) is 1.94. The van der Waals surface area contributed by atoms with Gasteiger partial charge in [0.05, 0.1) is 19.9 Å². The van der Waals surface area contributed by atoms with E-state index in [-0.39, 0.29) is 5.91 Å². The number of amides is 1. The Hall–Kier alpha value is -2.41. The molecule has 0 saturated carbocycles. The molecule has 0 atom stereocenters. The summed E-state index contributed by atoms with van der Waals surface area (Å²) in [7, 11) is 5.05. The highest BCUT2D eigenvalue weighted by molar-refractivity contribution is 5.96. The van der Waals surface area contributed by atoms with Gasteiger partial charge in [0.25, 0.3) is 5.91 Å². The van der Waals surface area contributed by atoms with E-state index in [0.29, 0.717) is 31.1 Å². The summed E-state index contributed by atoms with van der Waals surface area (Å²) in [6.07, 6.45) is 6.67. The number of aryl methyl sites for hydroxylation is 3. The van der Waals surface area contributed by atoms with Crippen LogP contribution >= 0.6 is 0 Å². The highest BCUT2D eigenvalue weighted by Gasteiger charge is 2.25. The Labute approximate surface area is 147 Å². The third kappa shape index (κ3) is 3.82. The smallest absolute Gasteiger partial charge is 0.259 e. The van der Waals surface area contributed by atoms with Gasteiger partial charge >= 0.3 is 0 Å². The Morgan fingerprint density at radius 3 is 2.88 bits per heavy atom. The van der Waals surface area contributed by atoms with E-state index < -0.39 is 0 Å². The van der Waals surface area contributed by atoms with Crippen LogP contribution in [0, 0.1) is 0 Å². The lowest BCUT2D eigenvalue weighted by Gasteiger charge is -2.23. The van der Waals surface area contributed by atoms with Crippen molar-refractivity contribution in [2.24, 2.45) is 7.05 Å². The molecule has 0 aromatic carbocycles. The fraction of sp³-hybridized carbons (Fsp3) is 0.500. The van der Waals surface area contributed by atoms with Crippen molar-refractivity contribution in [3.8, 4) is 5.88 Å². The normalized spacial score (nSPS) is 12.9. The van der Waals surface area contributed by atoms with Crippen molar-refractivity contribution in [1.29, 1.82) is 0 Å². The number of aromatic nitrogens is 3. The molecule has 7 nitrogen and oxygen atoms in total. The lowest BCUT2D eigenvalue weighted by molar-refractivity contribution is 0.0676. The zero-order chi connectivity index (χ0) is 17.8. The number of rotatable bonds is 7. The van der Waals surface area contributed by atoms with E-state index in [0.717, 1.165) is 36.1 Å². The van der Waals surface area contributed by atoms with Crippen molar-refractivity contribution in [1.82, 2.24) is 19.7 Å². The molecule has 134 valence electrons. The molecule has 1 amide bonds. The molecule has 0 saturated heterocycles. The van der Waals surface area contributed by atoms with Gasteiger partial charge in [0.15, 0.2) is 0 Å². The third-order valence-electron chi connectivity index (χ3n) is 4.42. The summed E-state index contributed by atoms with van der Waals surface area (Å²) in [5, 5.41) is 4.17. The standard InChI is InChI=1S/C18H24N4O3/c1-21-11-13(10-19-21)12-22(7-8-24-2)18(23)15-9-14-5-4-6-16(14)20-17(15)25-3/h9-11H,4-8,12H2,1-3H3. The van der Waals surface area contributed by atoms with E-state index in [1.165, 1.54) is 0 Å². The molecule has 3 rings (SSSR count). The Bertz CT molecular complexity index is 757. The fourth-order valence-corrected chi connectivity index (χ4v) is 3.16. The van der Waals surface area contributed by atoms with Crippen molar-refractivity contribution >= 4 is 5.91 Å². The predicted molar refractivity (Wildman–Crippen MR) is 92.6 cm³/mol. The molecule has 2 aromatic rings. The topological polar surface area (TPSA) is 69.5 Å². The molecular formula is C18H24N4O3. The van der Waals surface area contributed by atoms with E-state index in [1.807, 2.05) is 19.3 Å². The van der Waals surface area contributed by atoms with Gasteiger partial charge in [0.1, 0.15) is 5.56 Å². The lowest BCUT2D eigenvalue weighted by atomic mass is 10.1. The van der Waals surface area contributed by atoms with Crippen LogP contribution in [-0.4, -0.2) is 52.9 Å². The molecule has 1 aliphatic carbocycles. The number of hydrogen-bond acceptors (Lipinski definition) is 5. The SMILES string of the molecule is COCCN(Cc1cnn(C)c1)C(=O)c1cc2c(nc1OC)CCC2. The maximum Gasteiger partial charge on any atom is 0.259 e. The molecule has 1 aliphatic rings. The lowest BCUT2D eigenvalue weighted by Crippen LogP contribution is -2.34. The highest BCUT2D eigenvalue weighted by atomic mass is 16.5. The summed E-state index contributed by atoms with van der Waals surface area (Å²) in [5.74, 6) is 0.305. The molecule has 0 bridgehead atoms. The fourth-order valence-electron chi connectivity index (χ4n) is 3.16. The summed E-state index contributed by atoms with van der Waals surface area (Å²) >= 11 is 0. The van der Waals surface area contributed by atoms with Crippen LogP contribution in [0.25, 0.3) is 0 Å². The summed E-state index contributed by atoms with van der Waals surface area (Å²) in [6.45, 7) is 1.42. The van der Waals surface area contributed by atoms with Gasteiger partial charge in [0.2, 0.25) is 5.88 Å². The second-order valence-corrected chi connectivity index (χ2v) is 6.25. The average Bonchev–Trinajstić information content (AvgIpc) is 3.24. The Kier molecular flexibility index (Phi) is 5.33. The zero-order valence-corrected chi connectivity index (χ0v) is 15.0. The van der Waals surface area contributed by atoms with Crippen LogP contribution in [0.2, 0.25) is 0 Å². The van der Waals surface area contributed by atoms with Crippen LogP contribution in [0.5, 0.6) is 5.88 Å². The second kappa shape index (κ2) is 7.65. The molecule has 0 fully saturated rings. The first kappa shape index (κ1) is 17.4. The van der Waals surface area contributed by atoms with Crippen LogP contribution < -0.4 is 4.74 Å². The molecule has 2 aromatic heterocycles. The quantitative estimate of drug-likeness (QED) is 0.763. The number of nitrogens with zero attached hydrogens (tertiary/aromatic N) is 4. The minimum atomic E-state index is -0.0973. The van der Waals surface area contributed by atoms with Gasteiger partial charge in [0, 0.05) is 44.7 Å². The van der Waals surface area contributed by atoms with Gasteiger partial charge in [-0.25, -0.2) is 4.98 Å². The largest absolute Gasteiger partial charge is 0.480 e. The van der Waals surface area contributed by atoms with Crippen molar-refractivity contribution in [2.45, 2.75) is 25.8 Å². The van der Waals surface area contributed by atoms with Crippen molar-refractivity contribution in [3.05, 3.63) is 40.8 Å². The maximum atomic E-state index is 13.2. The Morgan fingerprint density at radius 1 is 1.36 bits per heavy atom.